The normalized spacial score (nSPS) is 12.0. The molecule has 0 bridgehead atoms. The van der Waals surface area contributed by atoms with Gasteiger partial charge in [0.2, 0.25) is 0 Å². The van der Waals surface area contributed by atoms with Gasteiger partial charge in [0, 0.05) is 16.8 Å². The van der Waals surface area contributed by atoms with E-state index in [2.05, 4.69) is 192 Å². The molecule has 0 spiro atoms. The fourth-order valence-electron chi connectivity index (χ4n) is 7.66. The summed E-state index contributed by atoms with van der Waals surface area (Å²) in [5.41, 5.74) is 8.88. The van der Waals surface area contributed by atoms with E-state index in [4.69, 9.17) is 16.8 Å². The third kappa shape index (κ3) is 4.85. The molecular formula is C47H31N2PS. The SMILES string of the molecule is S=P(c1ccccc1)(c1ccccc1)c1ccc2c3cc4ccccc4cc3c3nc4ccc(-c5ccc(-c6ccccc6)cc5)cc4n3c2c1. The standard InChI is InChI=1S/C47H31N2PS/c51-50(38-16-6-2-7-17-38,39-18-8-3-9-19-39)40-25-26-41-42-28-35-14-10-11-15-36(35)29-43(42)47-48-44-27-24-37(30-46(44)49(47)45(41)31-40)34-22-20-33(21-23-34)32-12-4-1-5-13-32/h1-31H. The Morgan fingerprint density at radius 3 is 1.57 bits per heavy atom. The monoisotopic (exact) mass is 686 g/mol. The summed E-state index contributed by atoms with van der Waals surface area (Å²) in [5, 5.41) is 9.49. The average molecular weight is 687 g/mol. The zero-order valence-electron chi connectivity index (χ0n) is 27.6. The zero-order valence-corrected chi connectivity index (χ0v) is 29.4. The van der Waals surface area contributed by atoms with Crippen LogP contribution in [0.15, 0.2) is 188 Å². The summed E-state index contributed by atoms with van der Waals surface area (Å²) < 4.78 is 2.38. The van der Waals surface area contributed by atoms with E-state index < -0.39 is 6.04 Å². The number of pyridine rings is 1. The Labute approximate surface area is 301 Å². The van der Waals surface area contributed by atoms with Gasteiger partial charge in [-0.15, -0.1) is 0 Å². The maximum Gasteiger partial charge on any atom is 0.146 e. The molecule has 0 aliphatic carbocycles. The van der Waals surface area contributed by atoms with Gasteiger partial charge in [0.15, 0.2) is 0 Å². The summed E-state index contributed by atoms with van der Waals surface area (Å²) in [6, 6.07) is 65.2. The summed E-state index contributed by atoms with van der Waals surface area (Å²) in [4.78, 5) is 5.34. The largest absolute Gasteiger partial charge is 0.292 e. The van der Waals surface area contributed by atoms with Crippen LogP contribution >= 0.6 is 6.04 Å². The van der Waals surface area contributed by atoms with Gasteiger partial charge in [-0.3, -0.25) is 4.40 Å². The van der Waals surface area contributed by atoms with Gasteiger partial charge >= 0.3 is 0 Å². The number of aromatic nitrogens is 2. The minimum absolute atomic E-state index is 0.958. The Hall–Kier alpha value is -5.86. The van der Waals surface area contributed by atoms with E-state index in [1.807, 2.05) is 0 Å². The van der Waals surface area contributed by atoms with Gasteiger partial charge in [-0.2, -0.15) is 0 Å². The van der Waals surface area contributed by atoms with Gasteiger partial charge in [0.25, 0.3) is 0 Å². The van der Waals surface area contributed by atoms with E-state index in [9.17, 15) is 0 Å². The summed E-state index contributed by atoms with van der Waals surface area (Å²) in [5.74, 6) is 0. The van der Waals surface area contributed by atoms with Crippen molar-refractivity contribution in [3.8, 4) is 22.3 Å². The van der Waals surface area contributed by atoms with Crippen molar-refractivity contribution in [2.75, 3.05) is 0 Å². The van der Waals surface area contributed by atoms with Gasteiger partial charge in [-0.05, 0) is 84.7 Å². The first kappa shape index (κ1) is 30.0. The van der Waals surface area contributed by atoms with Crippen LogP contribution in [-0.2, 0) is 11.8 Å². The molecule has 0 saturated carbocycles. The van der Waals surface area contributed by atoms with Gasteiger partial charge in [-0.1, -0.05) is 170 Å². The number of fused-ring (bicyclic) bond motifs is 9. The number of hydrogen-bond donors (Lipinski definition) is 0. The van der Waals surface area contributed by atoms with Crippen molar-refractivity contribution in [1.82, 2.24) is 9.38 Å². The van der Waals surface area contributed by atoms with Crippen molar-refractivity contribution < 1.29 is 0 Å². The first-order valence-corrected chi connectivity index (χ1v) is 20.0. The molecule has 0 amide bonds. The highest BCUT2D eigenvalue weighted by atomic mass is 32.4. The van der Waals surface area contributed by atoms with E-state index in [0.717, 1.165) is 33.1 Å². The molecule has 240 valence electrons. The molecule has 2 nitrogen and oxygen atoms in total. The fraction of sp³-hybridized carbons (Fsp3) is 0. The summed E-state index contributed by atoms with van der Waals surface area (Å²) >= 11 is 6.84. The molecule has 0 aliphatic heterocycles. The number of benzene rings is 8. The number of rotatable bonds is 5. The maximum absolute atomic E-state index is 6.84. The molecule has 2 aromatic heterocycles. The minimum atomic E-state index is -2.39. The molecule has 0 radical (unpaired) electrons. The maximum atomic E-state index is 6.84. The average Bonchev–Trinajstić information content (AvgIpc) is 3.60. The summed E-state index contributed by atoms with van der Waals surface area (Å²) in [6.45, 7) is 0. The first-order chi connectivity index (χ1) is 25.1. The molecule has 0 unspecified atom stereocenters. The second kappa shape index (κ2) is 11.9. The Bertz CT molecular complexity index is 2930. The molecule has 51 heavy (non-hydrogen) atoms. The first-order valence-electron chi connectivity index (χ1n) is 17.2. The van der Waals surface area contributed by atoms with Crippen LogP contribution in [0, 0.1) is 0 Å². The van der Waals surface area contributed by atoms with E-state index in [1.54, 1.807) is 0 Å². The number of hydrogen-bond acceptors (Lipinski definition) is 2. The van der Waals surface area contributed by atoms with E-state index >= 15 is 0 Å². The molecule has 8 aromatic carbocycles. The highest BCUT2D eigenvalue weighted by Gasteiger charge is 2.26. The Morgan fingerprint density at radius 1 is 0.392 bits per heavy atom. The molecule has 2 heterocycles. The predicted molar refractivity (Wildman–Crippen MR) is 222 cm³/mol. The molecular weight excluding hydrogens is 656 g/mol. The Kier molecular flexibility index (Phi) is 6.99. The van der Waals surface area contributed by atoms with Crippen LogP contribution in [0.5, 0.6) is 0 Å². The van der Waals surface area contributed by atoms with Gasteiger partial charge in [0.05, 0.1) is 16.6 Å². The van der Waals surface area contributed by atoms with Crippen LogP contribution in [0.25, 0.3) is 71.4 Å². The molecule has 0 fully saturated rings. The molecule has 0 N–H and O–H groups in total. The van der Waals surface area contributed by atoms with Crippen molar-refractivity contribution in [3.63, 3.8) is 0 Å². The highest BCUT2D eigenvalue weighted by Crippen LogP contribution is 2.44. The molecule has 4 heteroatoms. The second-order valence-corrected chi connectivity index (χ2v) is 17.6. The van der Waals surface area contributed by atoms with Crippen molar-refractivity contribution >= 4 is 82.9 Å². The lowest BCUT2D eigenvalue weighted by atomic mass is 10.00. The lowest BCUT2D eigenvalue weighted by Crippen LogP contribution is -2.24. The van der Waals surface area contributed by atoms with Crippen LogP contribution in [0.1, 0.15) is 0 Å². The minimum Gasteiger partial charge on any atom is -0.292 e. The molecule has 0 aliphatic rings. The summed E-state index contributed by atoms with van der Waals surface area (Å²) in [6.07, 6.45) is 0. The second-order valence-electron chi connectivity index (χ2n) is 13.1. The van der Waals surface area contributed by atoms with Gasteiger partial charge in [-0.25, -0.2) is 4.98 Å². The van der Waals surface area contributed by atoms with Crippen molar-refractivity contribution in [1.29, 1.82) is 0 Å². The van der Waals surface area contributed by atoms with E-state index in [0.29, 0.717) is 0 Å². The highest BCUT2D eigenvalue weighted by molar-refractivity contribution is 8.25. The molecule has 10 rings (SSSR count). The van der Waals surface area contributed by atoms with Gasteiger partial charge < -0.3 is 0 Å². The van der Waals surface area contributed by atoms with Crippen LogP contribution in [0.3, 0.4) is 0 Å². The topological polar surface area (TPSA) is 17.3 Å². The lowest BCUT2D eigenvalue weighted by Gasteiger charge is -2.25. The summed E-state index contributed by atoms with van der Waals surface area (Å²) in [7, 11) is 0. The van der Waals surface area contributed by atoms with Crippen LogP contribution in [0.4, 0.5) is 0 Å². The smallest absolute Gasteiger partial charge is 0.146 e. The van der Waals surface area contributed by atoms with Crippen LogP contribution in [-0.4, -0.2) is 9.38 Å². The van der Waals surface area contributed by atoms with Crippen LogP contribution < -0.4 is 15.9 Å². The third-order valence-corrected chi connectivity index (χ3v) is 15.2. The number of imidazole rings is 1. The van der Waals surface area contributed by atoms with Crippen molar-refractivity contribution in [2.24, 2.45) is 0 Å². The Balaban J connectivity index is 1.27. The quantitative estimate of drug-likeness (QED) is 0.102. The van der Waals surface area contributed by atoms with E-state index in [-0.39, 0.29) is 0 Å². The molecule has 0 atom stereocenters. The molecule has 0 saturated heterocycles. The Morgan fingerprint density at radius 2 is 0.922 bits per heavy atom. The van der Waals surface area contributed by atoms with E-state index in [1.165, 1.54) is 54.1 Å². The van der Waals surface area contributed by atoms with Crippen LogP contribution in [0.2, 0.25) is 0 Å². The van der Waals surface area contributed by atoms with Crippen molar-refractivity contribution in [2.45, 2.75) is 0 Å². The third-order valence-electron chi connectivity index (χ3n) is 10.2. The van der Waals surface area contributed by atoms with Gasteiger partial charge in [0.1, 0.15) is 5.65 Å². The predicted octanol–water partition coefficient (Wildman–Crippen LogP) is 11.0. The molecule has 10 aromatic rings. The van der Waals surface area contributed by atoms with Crippen molar-refractivity contribution in [3.05, 3.63) is 188 Å². The zero-order chi connectivity index (χ0) is 33.9. The fourth-order valence-corrected chi connectivity index (χ4v) is 11.4. The lowest BCUT2D eigenvalue weighted by molar-refractivity contribution is 1.32. The number of nitrogens with zero attached hydrogens (tertiary/aromatic N) is 2.